The summed E-state index contributed by atoms with van der Waals surface area (Å²) < 4.78 is 10.7. The first kappa shape index (κ1) is 21.4. The Morgan fingerprint density at radius 3 is 2.53 bits per heavy atom. The minimum Gasteiger partial charge on any atom is -0.482 e. The first-order chi connectivity index (χ1) is 14.3. The van der Waals surface area contributed by atoms with Gasteiger partial charge in [0, 0.05) is 12.2 Å². The molecule has 158 valence electrons. The molecule has 2 aromatic rings. The van der Waals surface area contributed by atoms with Gasteiger partial charge in [-0.25, -0.2) is 0 Å². The van der Waals surface area contributed by atoms with Crippen molar-refractivity contribution >= 4 is 29.2 Å². The summed E-state index contributed by atoms with van der Waals surface area (Å²) in [5, 5.41) is 2.84. The van der Waals surface area contributed by atoms with E-state index in [2.05, 4.69) is 5.32 Å². The summed E-state index contributed by atoms with van der Waals surface area (Å²) in [7, 11) is 0. The third kappa shape index (κ3) is 4.79. The minimum atomic E-state index is -0.953. The van der Waals surface area contributed by atoms with E-state index in [1.54, 1.807) is 18.2 Å². The van der Waals surface area contributed by atoms with Crippen LogP contribution in [0.5, 0.6) is 5.75 Å². The summed E-state index contributed by atoms with van der Waals surface area (Å²) in [6.45, 7) is 7.45. The highest BCUT2D eigenvalue weighted by Gasteiger charge is 2.26. The van der Waals surface area contributed by atoms with Crippen LogP contribution >= 0.6 is 0 Å². The fourth-order valence-electron chi connectivity index (χ4n) is 3.51. The van der Waals surface area contributed by atoms with Crippen LogP contribution in [0.25, 0.3) is 0 Å². The van der Waals surface area contributed by atoms with Gasteiger partial charge in [0.05, 0.1) is 12.1 Å². The molecule has 2 aromatic carbocycles. The number of nitrogens with zero attached hydrogens (tertiary/aromatic N) is 1. The Morgan fingerprint density at radius 2 is 1.83 bits per heavy atom. The predicted molar refractivity (Wildman–Crippen MR) is 114 cm³/mol. The second-order valence-corrected chi connectivity index (χ2v) is 7.45. The molecule has 0 spiro atoms. The number of hydrogen-bond acceptors (Lipinski definition) is 5. The van der Waals surface area contributed by atoms with Gasteiger partial charge >= 0.3 is 5.97 Å². The maximum atomic E-state index is 12.5. The van der Waals surface area contributed by atoms with Crippen molar-refractivity contribution in [1.82, 2.24) is 0 Å². The summed E-state index contributed by atoms with van der Waals surface area (Å²) >= 11 is 0. The standard InChI is InChI=1S/C23H26N2O5/c1-14-11-15(2)22(16(3)12-14)24-23(28)17(4)30-21(27)9-10-25-18-7-5-6-8-19(18)29-13-20(25)26/h5-8,11-12,17H,9-10,13H2,1-4H3,(H,24,28)/t17-/m0/s1. The summed E-state index contributed by atoms with van der Waals surface area (Å²) in [6, 6.07) is 11.1. The van der Waals surface area contributed by atoms with Gasteiger partial charge in [-0.15, -0.1) is 0 Å². The molecule has 3 rings (SSSR count). The molecule has 0 bridgehead atoms. The van der Waals surface area contributed by atoms with Crippen LogP contribution in [0.3, 0.4) is 0 Å². The quantitative estimate of drug-likeness (QED) is 0.739. The Labute approximate surface area is 176 Å². The highest BCUT2D eigenvalue weighted by atomic mass is 16.5. The van der Waals surface area contributed by atoms with E-state index in [1.807, 2.05) is 39.0 Å². The normalized spacial score (nSPS) is 13.9. The Morgan fingerprint density at radius 1 is 1.17 bits per heavy atom. The molecule has 0 saturated carbocycles. The van der Waals surface area contributed by atoms with Gasteiger partial charge in [0.25, 0.3) is 11.8 Å². The van der Waals surface area contributed by atoms with Gasteiger partial charge in [-0.2, -0.15) is 0 Å². The Bertz CT molecular complexity index is 962. The molecule has 1 atom stereocenters. The second-order valence-electron chi connectivity index (χ2n) is 7.45. The van der Waals surface area contributed by atoms with Crippen molar-refractivity contribution in [2.45, 2.75) is 40.2 Å². The highest BCUT2D eigenvalue weighted by molar-refractivity contribution is 5.98. The minimum absolute atomic E-state index is 0.0275. The summed E-state index contributed by atoms with van der Waals surface area (Å²) in [6.07, 6.45) is -0.981. The lowest BCUT2D eigenvalue weighted by atomic mass is 10.0. The fraction of sp³-hybridized carbons (Fsp3) is 0.348. The van der Waals surface area contributed by atoms with E-state index in [0.717, 1.165) is 22.4 Å². The van der Waals surface area contributed by atoms with Crippen molar-refractivity contribution in [3.8, 4) is 5.75 Å². The van der Waals surface area contributed by atoms with Gasteiger partial charge in [0.15, 0.2) is 12.7 Å². The zero-order chi connectivity index (χ0) is 21.8. The molecule has 7 nitrogen and oxygen atoms in total. The van der Waals surface area contributed by atoms with Gasteiger partial charge in [-0.3, -0.25) is 14.4 Å². The molecule has 0 aliphatic carbocycles. The number of ether oxygens (including phenoxy) is 2. The first-order valence-electron chi connectivity index (χ1n) is 9.86. The van der Waals surface area contributed by atoms with Crippen molar-refractivity contribution < 1.29 is 23.9 Å². The smallest absolute Gasteiger partial charge is 0.308 e. The van der Waals surface area contributed by atoms with Crippen LogP contribution in [-0.4, -0.2) is 37.0 Å². The number of esters is 1. The second kappa shape index (κ2) is 8.98. The van der Waals surface area contributed by atoms with E-state index in [1.165, 1.54) is 11.8 Å². The fourth-order valence-corrected chi connectivity index (χ4v) is 3.51. The first-order valence-corrected chi connectivity index (χ1v) is 9.86. The van der Waals surface area contributed by atoms with Crippen molar-refractivity contribution in [2.75, 3.05) is 23.4 Å². The molecule has 0 saturated heterocycles. The third-order valence-corrected chi connectivity index (χ3v) is 4.95. The molecule has 2 amide bonds. The van der Waals surface area contributed by atoms with Crippen LogP contribution in [0.1, 0.15) is 30.0 Å². The largest absolute Gasteiger partial charge is 0.482 e. The maximum Gasteiger partial charge on any atom is 0.308 e. The zero-order valence-corrected chi connectivity index (χ0v) is 17.7. The van der Waals surface area contributed by atoms with Crippen LogP contribution in [0.15, 0.2) is 36.4 Å². The topological polar surface area (TPSA) is 84.9 Å². The number of rotatable bonds is 6. The van der Waals surface area contributed by atoms with Crippen molar-refractivity contribution in [1.29, 1.82) is 0 Å². The number of carbonyl (C=O) groups excluding carboxylic acids is 3. The number of anilines is 2. The maximum absolute atomic E-state index is 12.5. The number of amides is 2. The summed E-state index contributed by atoms with van der Waals surface area (Å²) in [5.41, 5.74) is 4.36. The summed E-state index contributed by atoms with van der Waals surface area (Å²) in [5.74, 6) is -0.572. The van der Waals surface area contributed by atoms with E-state index < -0.39 is 18.0 Å². The average Bonchev–Trinajstić information content (AvgIpc) is 2.69. The molecule has 0 aromatic heterocycles. The molecular weight excluding hydrogens is 384 g/mol. The molecule has 7 heteroatoms. The zero-order valence-electron chi connectivity index (χ0n) is 17.7. The molecule has 1 heterocycles. The molecular formula is C23H26N2O5. The van der Waals surface area contributed by atoms with Gasteiger partial charge in [0.1, 0.15) is 5.75 Å². The number of nitrogens with one attached hydrogen (secondary N) is 1. The number of fused-ring (bicyclic) bond motifs is 1. The lowest BCUT2D eigenvalue weighted by Gasteiger charge is -2.29. The summed E-state index contributed by atoms with van der Waals surface area (Å²) in [4.78, 5) is 38.4. The molecule has 30 heavy (non-hydrogen) atoms. The number of aryl methyl sites for hydroxylation is 3. The lowest BCUT2D eigenvalue weighted by Crippen LogP contribution is -2.40. The van der Waals surface area contributed by atoms with Crippen molar-refractivity contribution in [3.05, 3.63) is 53.1 Å². The SMILES string of the molecule is Cc1cc(C)c(NC(=O)[C@H](C)OC(=O)CCN2C(=O)COc3ccccc32)c(C)c1. The van der Waals surface area contributed by atoms with Crippen LogP contribution in [0.4, 0.5) is 11.4 Å². The molecule has 0 unspecified atom stereocenters. The van der Waals surface area contributed by atoms with Crippen LogP contribution in [-0.2, 0) is 19.1 Å². The number of carbonyl (C=O) groups is 3. The average molecular weight is 410 g/mol. The van der Waals surface area contributed by atoms with Gasteiger partial charge < -0.3 is 19.7 Å². The molecule has 1 aliphatic rings. The number of para-hydroxylation sites is 2. The molecule has 0 radical (unpaired) electrons. The Balaban J connectivity index is 1.56. The predicted octanol–water partition coefficient (Wildman–Crippen LogP) is 3.30. The lowest BCUT2D eigenvalue weighted by molar-refractivity contribution is -0.153. The van der Waals surface area contributed by atoms with E-state index >= 15 is 0 Å². The van der Waals surface area contributed by atoms with Gasteiger partial charge in [0.2, 0.25) is 0 Å². The monoisotopic (exact) mass is 410 g/mol. The molecule has 1 aliphatic heterocycles. The Kier molecular flexibility index (Phi) is 6.40. The van der Waals surface area contributed by atoms with Crippen molar-refractivity contribution in [2.24, 2.45) is 0 Å². The van der Waals surface area contributed by atoms with E-state index in [4.69, 9.17) is 9.47 Å². The van der Waals surface area contributed by atoms with Crippen molar-refractivity contribution in [3.63, 3.8) is 0 Å². The van der Waals surface area contributed by atoms with Crippen LogP contribution < -0.4 is 15.0 Å². The van der Waals surface area contributed by atoms with E-state index in [0.29, 0.717) is 11.4 Å². The number of benzene rings is 2. The third-order valence-electron chi connectivity index (χ3n) is 4.95. The van der Waals surface area contributed by atoms with Gasteiger partial charge in [-0.05, 0) is 51.0 Å². The molecule has 1 N–H and O–H groups in total. The van der Waals surface area contributed by atoms with Crippen LogP contribution in [0.2, 0.25) is 0 Å². The van der Waals surface area contributed by atoms with Crippen LogP contribution in [0, 0.1) is 20.8 Å². The number of hydrogen-bond donors (Lipinski definition) is 1. The van der Waals surface area contributed by atoms with E-state index in [9.17, 15) is 14.4 Å². The Hall–Kier alpha value is -3.35. The van der Waals surface area contributed by atoms with Gasteiger partial charge in [-0.1, -0.05) is 29.8 Å². The molecule has 0 fully saturated rings. The highest BCUT2D eigenvalue weighted by Crippen LogP contribution is 2.31. The van der Waals surface area contributed by atoms with E-state index in [-0.39, 0.29) is 25.5 Å².